The largest absolute Gasteiger partial charge is 0.388 e. The number of hydrogen-bond donors (Lipinski definition) is 3. The Morgan fingerprint density at radius 1 is 1.10 bits per heavy atom. The van der Waals surface area contributed by atoms with Crippen molar-refractivity contribution in [1.29, 1.82) is 0 Å². The first-order valence-electron chi connectivity index (χ1n) is 7.75. The highest BCUT2D eigenvalue weighted by molar-refractivity contribution is 5.44. The number of aliphatic hydroxyl groups is 1. The van der Waals surface area contributed by atoms with Gasteiger partial charge in [0.2, 0.25) is 17.8 Å². The summed E-state index contributed by atoms with van der Waals surface area (Å²) in [5.74, 6) is 1.76. The van der Waals surface area contributed by atoms with E-state index < -0.39 is 5.60 Å². The van der Waals surface area contributed by atoms with Gasteiger partial charge in [-0.15, -0.1) is 0 Å². The van der Waals surface area contributed by atoms with Crippen molar-refractivity contribution in [2.45, 2.75) is 45.1 Å². The quantitative estimate of drug-likeness (QED) is 0.702. The Kier molecular flexibility index (Phi) is 5.17. The van der Waals surface area contributed by atoms with E-state index in [1.165, 1.54) is 12.8 Å². The average Bonchev–Trinajstić information content (AvgIpc) is 3.06. The van der Waals surface area contributed by atoms with Gasteiger partial charge in [0.05, 0.1) is 5.60 Å². The maximum Gasteiger partial charge on any atom is 0.231 e. The normalized spacial score (nSPS) is 15.3. The molecule has 0 bridgehead atoms. The van der Waals surface area contributed by atoms with Gasteiger partial charge in [-0.1, -0.05) is 13.8 Å². The molecule has 0 aliphatic carbocycles. The minimum Gasteiger partial charge on any atom is -0.388 e. The van der Waals surface area contributed by atoms with E-state index in [0.29, 0.717) is 37.2 Å². The van der Waals surface area contributed by atoms with E-state index >= 15 is 0 Å². The van der Waals surface area contributed by atoms with Crippen molar-refractivity contribution in [3.8, 4) is 0 Å². The minimum atomic E-state index is -0.722. The number of hydrogen-bond acceptors (Lipinski definition) is 7. The highest BCUT2D eigenvalue weighted by Gasteiger charge is 2.23. The Bertz CT molecular complexity index is 457. The highest BCUT2D eigenvalue weighted by atomic mass is 16.3. The lowest BCUT2D eigenvalue weighted by molar-refractivity contribution is 0.0455. The van der Waals surface area contributed by atoms with Crippen molar-refractivity contribution in [3.05, 3.63) is 0 Å². The van der Waals surface area contributed by atoms with E-state index in [2.05, 4.69) is 30.5 Å². The number of nitrogens with zero attached hydrogens (tertiary/aromatic N) is 4. The van der Waals surface area contributed by atoms with Crippen molar-refractivity contribution in [2.24, 2.45) is 0 Å². The zero-order valence-electron chi connectivity index (χ0n) is 13.2. The smallest absolute Gasteiger partial charge is 0.231 e. The van der Waals surface area contributed by atoms with Crippen LogP contribution >= 0.6 is 0 Å². The molecule has 118 valence electrons. The Balaban J connectivity index is 2.13. The van der Waals surface area contributed by atoms with Gasteiger partial charge in [0.25, 0.3) is 0 Å². The summed E-state index contributed by atoms with van der Waals surface area (Å²) in [5, 5.41) is 16.4. The van der Waals surface area contributed by atoms with Crippen molar-refractivity contribution in [2.75, 3.05) is 42.2 Å². The van der Waals surface area contributed by atoms with Gasteiger partial charge in [-0.05, 0) is 25.7 Å². The van der Waals surface area contributed by atoms with Crippen LogP contribution in [-0.4, -0.2) is 52.3 Å². The van der Waals surface area contributed by atoms with Gasteiger partial charge in [-0.3, -0.25) is 0 Å². The molecule has 0 atom stereocenters. The lowest BCUT2D eigenvalue weighted by Crippen LogP contribution is -2.36. The number of rotatable bonds is 7. The SMILES string of the molecule is CCC(O)(CC)CNc1nc(NC)nc(N2CCCC2)n1. The van der Waals surface area contributed by atoms with Crippen LogP contribution in [0.2, 0.25) is 0 Å². The van der Waals surface area contributed by atoms with Crippen LogP contribution in [0.25, 0.3) is 0 Å². The number of nitrogens with one attached hydrogen (secondary N) is 2. The molecule has 1 aliphatic heterocycles. The van der Waals surface area contributed by atoms with Crippen LogP contribution in [0.4, 0.5) is 17.8 Å². The van der Waals surface area contributed by atoms with E-state index in [9.17, 15) is 5.11 Å². The third kappa shape index (κ3) is 3.93. The molecule has 0 aromatic carbocycles. The monoisotopic (exact) mass is 294 g/mol. The molecule has 1 fully saturated rings. The maximum absolute atomic E-state index is 10.3. The van der Waals surface area contributed by atoms with Crippen LogP contribution in [0.3, 0.4) is 0 Å². The molecule has 0 radical (unpaired) electrons. The molecule has 1 aromatic rings. The van der Waals surface area contributed by atoms with Crippen molar-refractivity contribution < 1.29 is 5.11 Å². The number of anilines is 3. The lowest BCUT2D eigenvalue weighted by atomic mass is 9.98. The molecule has 0 saturated carbocycles. The van der Waals surface area contributed by atoms with Crippen molar-refractivity contribution >= 4 is 17.8 Å². The first-order chi connectivity index (χ1) is 10.1. The van der Waals surface area contributed by atoms with Crippen LogP contribution in [0.1, 0.15) is 39.5 Å². The van der Waals surface area contributed by atoms with Gasteiger partial charge >= 0.3 is 0 Å². The molecular weight excluding hydrogens is 268 g/mol. The zero-order valence-corrected chi connectivity index (χ0v) is 13.2. The summed E-state index contributed by atoms with van der Waals surface area (Å²) < 4.78 is 0. The van der Waals surface area contributed by atoms with Crippen LogP contribution in [0.15, 0.2) is 0 Å². The predicted molar refractivity (Wildman–Crippen MR) is 84.8 cm³/mol. The molecule has 1 aromatic heterocycles. The van der Waals surface area contributed by atoms with Crippen LogP contribution in [-0.2, 0) is 0 Å². The fourth-order valence-electron chi connectivity index (χ4n) is 2.36. The van der Waals surface area contributed by atoms with E-state index in [-0.39, 0.29) is 0 Å². The summed E-state index contributed by atoms with van der Waals surface area (Å²) in [6.07, 6.45) is 3.74. The van der Waals surface area contributed by atoms with E-state index in [0.717, 1.165) is 13.1 Å². The Labute approximate surface area is 126 Å². The molecule has 7 heteroatoms. The zero-order chi connectivity index (χ0) is 15.3. The van der Waals surface area contributed by atoms with Crippen molar-refractivity contribution in [1.82, 2.24) is 15.0 Å². The van der Waals surface area contributed by atoms with Crippen LogP contribution in [0.5, 0.6) is 0 Å². The van der Waals surface area contributed by atoms with Gasteiger partial charge in [-0.25, -0.2) is 0 Å². The minimum absolute atomic E-state index is 0.437. The molecule has 3 N–H and O–H groups in total. The fraction of sp³-hybridized carbons (Fsp3) is 0.786. The maximum atomic E-state index is 10.3. The summed E-state index contributed by atoms with van der Waals surface area (Å²) >= 11 is 0. The molecule has 2 rings (SSSR count). The van der Waals surface area contributed by atoms with Crippen LogP contribution < -0.4 is 15.5 Å². The van der Waals surface area contributed by atoms with Gasteiger partial charge in [-0.2, -0.15) is 15.0 Å². The third-order valence-corrected chi connectivity index (χ3v) is 4.13. The van der Waals surface area contributed by atoms with Gasteiger partial charge in [0, 0.05) is 26.7 Å². The summed E-state index contributed by atoms with van der Waals surface area (Å²) in [6.45, 7) is 6.37. The molecule has 1 aliphatic rings. The molecule has 0 unspecified atom stereocenters. The van der Waals surface area contributed by atoms with E-state index in [1.807, 2.05) is 13.8 Å². The Morgan fingerprint density at radius 2 is 1.71 bits per heavy atom. The number of aromatic nitrogens is 3. The van der Waals surface area contributed by atoms with Crippen molar-refractivity contribution in [3.63, 3.8) is 0 Å². The molecule has 0 spiro atoms. The summed E-state index contributed by atoms with van der Waals surface area (Å²) in [5.41, 5.74) is -0.722. The lowest BCUT2D eigenvalue weighted by Gasteiger charge is -2.25. The second-order valence-corrected chi connectivity index (χ2v) is 5.51. The topological polar surface area (TPSA) is 86.2 Å². The molecule has 21 heavy (non-hydrogen) atoms. The van der Waals surface area contributed by atoms with Crippen LogP contribution in [0, 0.1) is 0 Å². The molecule has 1 saturated heterocycles. The Morgan fingerprint density at radius 3 is 2.29 bits per heavy atom. The first-order valence-corrected chi connectivity index (χ1v) is 7.75. The van der Waals surface area contributed by atoms with Gasteiger partial charge < -0.3 is 20.6 Å². The van der Waals surface area contributed by atoms with Gasteiger partial charge in [0.15, 0.2) is 0 Å². The molecular formula is C14H26N6O. The second kappa shape index (κ2) is 6.89. The third-order valence-electron chi connectivity index (χ3n) is 4.13. The fourth-order valence-corrected chi connectivity index (χ4v) is 2.36. The summed E-state index contributed by atoms with van der Waals surface area (Å²) in [4.78, 5) is 15.4. The van der Waals surface area contributed by atoms with Gasteiger partial charge in [0.1, 0.15) is 0 Å². The average molecular weight is 294 g/mol. The molecule has 7 nitrogen and oxygen atoms in total. The summed E-state index contributed by atoms with van der Waals surface area (Å²) in [6, 6.07) is 0. The van der Waals surface area contributed by atoms with E-state index in [4.69, 9.17) is 0 Å². The molecule has 0 amide bonds. The molecule has 2 heterocycles. The standard InChI is InChI=1S/C14H26N6O/c1-4-14(21,5-2)10-16-12-17-11(15-3)18-13(19-12)20-8-6-7-9-20/h21H,4-10H2,1-3H3,(H2,15,16,17,18,19). The second-order valence-electron chi connectivity index (χ2n) is 5.51. The summed E-state index contributed by atoms with van der Waals surface area (Å²) in [7, 11) is 1.79. The first kappa shape index (κ1) is 15.8. The van der Waals surface area contributed by atoms with E-state index in [1.54, 1.807) is 7.05 Å². The predicted octanol–water partition coefficient (Wildman–Crippen LogP) is 1.48. The Hall–Kier alpha value is -1.63. The highest BCUT2D eigenvalue weighted by Crippen LogP contribution is 2.20.